The first kappa shape index (κ1) is 15.3. The maximum atomic E-state index is 12.0. The predicted octanol–water partition coefficient (Wildman–Crippen LogP) is 2.78. The molecule has 2 heterocycles. The minimum absolute atomic E-state index is 0.0444. The Bertz CT molecular complexity index is 517. The quantitative estimate of drug-likeness (QED) is 0.869. The number of pyridine rings is 1. The van der Waals surface area contributed by atoms with Crippen LogP contribution in [-0.4, -0.2) is 28.4 Å². The maximum Gasteiger partial charge on any atom is 0.241 e. The van der Waals surface area contributed by atoms with E-state index in [1.807, 2.05) is 13.0 Å². The van der Waals surface area contributed by atoms with E-state index in [1.54, 1.807) is 11.1 Å². The number of aliphatic hydroxyl groups excluding tert-OH is 1. The number of alkyl halides is 1. The molecule has 0 aliphatic carbocycles. The van der Waals surface area contributed by atoms with Crippen molar-refractivity contribution in [3.05, 3.63) is 23.5 Å². The van der Waals surface area contributed by atoms with E-state index >= 15 is 0 Å². The SMILES string of the molecule is CCCC(O)c1cnc2c(c1)N(C(=O)CCl)CC2(C)C. The van der Waals surface area contributed by atoms with E-state index in [-0.39, 0.29) is 17.2 Å². The molecule has 0 fully saturated rings. The molecule has 4 nitrogen and oxygen atoms in total. The Labute approximate surface area is 124 Å². The number of carbonyl (C=O) groups is 1. The Kier molecular flexibility index (Phi) is 4.35. The predicted molar refractivity (Wildman–Crippen MR) is 80.2 cm³/mol. The summed E-state index contributed by atoms with van der Waals surface area (Å²) >= 11 is 5.68. The van der Waals surface area contributed by atoms with Crippen molar-refractivity contribution in [1.82, 2.24) is 4.98 Å². The molecule has 1 aliphatic heterocycles. The van der Waals surface area contributed by atoms with Crippen LogP contribution in [0.15, 0.2) is 12.3 Å². The van der Waals surface area contributed by atoms with Crippen molar-refractivity contribution in [2.24, 2.45) is 0 Å². The van der Waals surface area contributed by atoms with Gasteiger partial charge in [-0.05, 0) is 12.5 Å². The third-order valence-corrected chi connectivity index (χ3v) is 3.96. The van der Waals surface area contributed by atoms with Gasteiger partial charge in [0.2, 0.25) is 5.91 Å². The molecule has 1 aromatic rings. The van der Waals surface area contributed by atoms with E-state index in [1.165, 1.54) is 0 Å². The summed E-state index contributed by atoms with van der Waals surface area (Å²) in [5.74, 6) is -0.167. The number of aromatic nitrogens is 1. The average Bonchev–Trinajstić information content (AvgIpc) is 2.70. The number of halogens is 1. The highest BCUT2D eigenvalue weighted by atomic mass is 35.5. The van der Waals surface area contributed by atoms with Crippen LogP contribution in [0.1, 0.15) is 51.0 Å². The molecule has 1 amide bonds. The van der Waals surface area contributed by atoms with Crippen LogP contribution in [-0.2, 0) is 10.2 Å². The van der Waals surface area contributed by atoms with Gasteiger partial charge in [-0.3, -0.25) is 9.78 Å². The number of hydrogen-bond acceptors (Lipinski definition) is 3. The lowest BCUT2D eigenvalue weighted by Gasteiger charge is -2.19. The number of carbonyl (C=O) groups excluding carboxylic acids is 1. The fraction of sp³-hybridized carbons (Fsp3) is 0.600. The van der Waals surface area contributed by atoms with Crippen LogP contribution in [0.25, 0.3) is 0 Å². The van der Waals surface area contributed by atoms with Crippen molar-refractivity contribution in [1.29, 1.82) is 0 Å². The summed E-state index contributed by atoms with van der Waals surface area (Å²) in [5, 5.41) is 10.1. The minimum atomic E-state index is -0.533. The van der Waals surface area contributed by atoms with Crippen LogP contribution in [0.5, 0.6) is 0 Å². The zero-order valence-electron chi connectivity index (χ0n) is 12.2. The van der Waals surface area contributed by atoms with Gasteiger partial charge in [0.25, 0.3) is 0 Å². The molecule has 20 heavy (non-hydrogen) atoms. The van der Waals surface area contributed by atoms with Gasteiger partial charge in [-0.2, -0.15) is 0 Å². The highest BCUT2D eigenvalue weighted by molar-refractivity contribution is 6.29. The number of rotatable bonds is 4. The molecule has 1 aliphatic rings. The van der Waals surface area contributed by atoms with Crippen molar-refractivity contribution >= 4 is 23.2 Å². The van der Waals surface area contributed by atoms with Gasteiger partial charge >= 0.3 is 0 Å². The first-order chi connectivity index (χ1) is 9.40. The lowest BCUT2D eigenvalue weighted by Crippen LogP contribution is -2.34. The van der Waals surface area contributed by atoms with Gasteiger partial charge in [0.15, 0.2) is 0 Å². The molecular formula is C15H21ClN2O2. The molecule has 0 radical (unpaired) electrons. The Morgan fingerprint density at radius 2 is 2.30 bits per heavy atom. The molecule has 0 saturated heterocycles. The lowest BCUT2D eigenvalue weighted by molar-refractivity contribution is -0.116. The molecule has 110 valence electrons. The molecule has 0 bridgehead atoms. The number of aliphatic hydroxyl groups is 1. The fourth-order valence-electron chi connectivity index (χ4n) is 2.67. The monoisotopic (exact) mass is 296 g/mol. The third-order valence-electron chi connectivity index (χ3n) is 3.74. The molecular weight excluding hydrogens is 276 g/mol. The van der Waals surface area contributed by atoms with Crippen LogP contribution in [0.4, 0.5) is 5.69 Å². The molecule has 1 N–H and O–H groups in total. The summed E-state index contributed by atoms with van der Waals surface area (Å²) in [4.78, 5) is 18.1. The second-order valence-electron chi connectivity index (χ2n) is 5.94. The van der Waals surface area contributed by atoms with Crippen molar-refractivity contribution in [2.45, 2.75) is 45.1 Å². The average molecular weight is 297 g/mol. The van der Waals surface area contributed by atoms with Crippen LogP contribution < -0.4 is 4.90 Å². The topological polar surface area (TPSA) is 53.4 Å². The van der Waals surface area contributed by atoms with E-state index in [0.29, 0.717) is 13.0 Å². The number of anilines is 1. The Hall–Kier alpha value is -1.13. The van der Waals surface area contributed by atoms with Crippen molar-refractivity contribution < 1.29 is 9.90 Å². The van der Waals surface area contributed by atoms with E-state index in [4.69, 9.17) is 11.6 Å². The van der Waals surface area contributed by atoms with Crippen LogP contribution in [0.2, 0.25) is 0 Å². The summed E-state index contributed by atoms with van der Waals surface area (Å²) in [6.07, 6.45) is 2.77. The minimum Gasteiger partial charge on any atom is -0.388 e. The molecule has 0 saturated carbocycles. The third kappa shape index (κ3) is 2.67. The first-order valence-electron chi connectivity index (χ1n) is 6.95. The van der Waals surface area contributed by atoms with Crippen LogP contribution >= 0.6 is 11.6 Å². The van der Waals surface area contributed by atoms with E-state index < -0.39 is 6.10 Å². The van der Waals surface area contributed by atoms with Crippen molar-refractivity contribution in [2.75, 3.05) is 17.3 Å². The standard InChI is InChI=1S/C15H21ClN2O2/c1-4-5-12(19)10-6-11-14(17-8-10)15(2,3)9-18(11)13(20)7-16/h6,8,12,19H,4-5,7,9H2,1-3H3. The summed E-state index contributed by atoms with van der Waals surface area (Å²) in [6, 6.07) is 1.88. The molecule has 1 aromatic heterocycles. The summed E-state index contributed by atoms with van der Waals surface area (Å²) < 4.78 is 0. The smallest absolute Gasteiger partial charge is 0.241 e. The summed E-state index contributed by atoms with van der Waals surface area (Å²) in [5.41, 5.74) is 2.25. The van der Waals surface area contributed by atoms with Crippen molar-refractivity contribution in [3.63, 3.8) is 0 Å². The Morgan fingerprint density at radius 1 is 1.60 bits per heavy atom. The molecule has 2 rings (SSSR count). The molecule has 1 unspecified atom stereocenters. The highest BCUT2D eigenvalue weighted by Crippen LogP contribution is 2.40. The van der Waals surface area contributed by atoms with Gasteiger partial charge in [0, 0.05) is 23.7 Å². The summed E-state index contributed by atoms with van der Waals surface area (Å²) in [6.45, 7) is 6.72. The number of nitrogens with zero attached hydrogens (tertiary/aromatic N) is 2. The first-order valence-corrected chi connectivity index (χ1v) is 7.49. The van der Waals surface area contributed by atoms with Gasteiger partial charge in [-0.25, -0.2) is 0 Å². The van der Waals surface area contributed by atoms with Crippen molar-refractivity contribution in [3.8, 4) is 0 Å². The van der Waals surface area contributed by atoms with Gasteiger partial charge < -0.3 is 10.0 Å². The number of fused-ring (bicyclic) bond motifs is 1. The molecule has 5 heteroatoms. The molecule has 0 aromatic carbocycles. The van der Waals surface area contributed by atoms with Gasteiger partial charge in [-0.15, -0.1) is 11.6 Å². The largest absolute Gasteiger partial charge is 0.388 e. The zero-order valence-corrected chi connectivity index (χ0v) is 12.9. The zero-order chi connectivity index (χ0) is 14.9. The summed E-state index contributed by atoms with van der Waals surface area (Å²) in [7, 11) is 0. The highest BCUT2D eigenvalue weighted by Gasteiger charge is 2.39. The Morgan fingerprint density at radius 3 is 2.90 bits per heavy atom. The lowest BCUT2D eigenvalue weighted by atomic mass is 9.91. The number of amides is 1. The molecule has 0 spiro atoms. The van der Waals surface area contributed by atoms with Gasteiger partial charge in [0.1, 0.15) is 5.88 Å². The van der Waals surface area contributed by atoms with Gasteiger partial charge in [-0.1, -0.05) is 27.2 Å². The Balaban J connectivity index is 2.42. The van der Waals surface area contributed by atoms with E-state index in [2.05, 4.69) is 18.8 Å². The van der Waals surface area contributed by atoms with Crippen LogP contribution in [0, 0.1) is 0 Å². The molecule has 1 atom stereocenters. The number of hydrogen-bond donors (Lipinski definition) is 1. The maximum absolute atomic E-state index is 12.0. The normalized spacial score (nSPS) is 17.9. The fourth-order valence-corrected chi connectivity index (χ4v) is 2.81. The van der Waals surface area contributed by atoms with E-state index in [9.17, 15) is 9.90 Å². The van der Waals surface area contributed by atoms with Crippen LogP contribution in [0.3, 0.4) is 0 Å². The van der Waals surface area contributed by atoms with E-state index in [0.717, 1.165) is 23.4 Å². The second-order valence-corrected chi connectivity index (χ2v) is 6.21. The van der Waals surface area contributed by atoms with Gasteiger partial charge in [0.05, 0.1) is 17.5 Å². The second kappa shape index (κ2) is 5.70.